The number of benzene rings is 1. The maximum absolute atomic E-state index is 13.1. The Bertz CT molecular complexity index is 752. The standard InChI is InChI=1S/C21H26FNO5/c1-13(2)18-11-20(26)23(12-14-3-5-15(22)6-4-14)19(18)8-7-16(24)9-17(25)10-21(27)28/h3-6,13,16-19,24-25H,9-12H2,1-2H3,(H,27,28)/t16-,17-,18+,19+/m0/s1. The second-order valence-electron chi connectivity index (χ2n) is 7.50. The van der Waals surface area contributed by atoms with Crippen LogP contribution in [0.3, 0.4) is 0 Å². The fourth-order valence-corrected chi connectivity index (χ4v) is 3.36. The van der Waals surface area contributed by atoms with Crippen molar-refractivity contribution in [2.24, 2.45) is 11.8 Å². The highest BCUT2D eigenvalue weighted by atomic mass is 19.1. The highest BCUT2D eigenvalue weighted by Crippen LogP contribution is 2.32. The second-order valence-corrected chi connectivity index (χ2v) is 7.50. The van der Waals surface area contributed by atoms with E-state index in [1.54, 1.807) is 17.0 Å². The molecule has 2 rings (SSSR count). The number of aliphatic hydroxyl groups is 2. The van der Waals surface area contributed by atoms with Crippen LogP contribution in [0.2, 0.25) is 0 Å². The van der Waals surface area contributed by atoms with Gasteiger partial charge in [0.05, 0.1) is 18.6 Å². The van der Waals surface area contributed by atoms with Gasteiger partial charge >= 0.3 is 5.97 Å². The van der Waals surface area contributed by atoms with Gasteiger partial charge in [-0.25, -0.2) is 4.39 Å². The van der Waals surface area contributed by atoms with Crippen molar-refractivity contribution in [1.82, 2.24) is 4.90 Å². The number of hydrogen-bond acceptors (Lipinski definition) is 4. The topological polar surface area (TPSA) is 98.1 Å². The Hall–Kier alpha value is -2.43. The monoisotopic (exact) mass is 391 g/mol. The minimum Gasteiger partial charge on any atom is -0.481 e. The van der Waals surface area contributed by atoms with Crippen molar-refractivity contribution in [3.63, 3.8) is 0 Å². The zero-order chi connectivity index (χ0) is 20.8. The average molecular weight is 391 g/mol. The molecule has 0 unspecified atom stereocenters. The summed E-state index contributed by atoms with van der Waals surface area (Å²) in [6, 6.07) is 5.50. The van der Waals surface area contributed by atoms with Gasteiger partial charge in [0.15, 0.2) is 0 Å². The molecule has 1 aliphatic heterocycles. The van der Waals surface area contributed by atoms with E-state index < -0.39 is 30.6 Å². The number of aliphatic hydroxyl groups excluding tert-OH is 2. The Balaban J connectivity index is 2.15. The summed E-state index contributed by atoms with van der Waals surface area (Å²) < 4.78 is 13.1. The van der Waals surface area contributed by atoms with Crippen molar-refractivity contribution >= 4 is 11.9 Å². The molecule has 1 aromatic carbocycles. The number of rotatable bonds is 7. The van der Waals surface area contributed by atoms with Crippen LogP contribution in [0.5, 0.6) is 0 Å². The van der Waals surface area contributed by atoms with E-state index in [1.807, 2.05) is 13.8 Å². The average Bonchev–Trinajstić information content (AvgIpc) is 2.90. The van der Waals surface area contributed by atoms with Crippen LogP contribution < -0.4 is 0 Å². The highest BCUT2D eigenvalue weighted by molar-refractivity contribution is 5.80. The molecule has 28 heavy (non-hydrogen) atoms. The molecule has 0 radical (unpaired) electrons. The quantitative estimate of drug-likeness (QED) is 0.616. The van der Waals surface area contributed by atoms with Gasteiger partial charge in [0.2, 0.25) is 5.91 Å². The fraction of sp³-hybridized carbons (Fsp3) is 0.524. The van der Waals surface area contributed by atoms with Crippen molar-refractivity contribution in [3.05, 3.63) is 35.6 Å². The lowest BCUT2D eigenvalue weighted by molar-refractivity contribution is -0.139. The van der Waals surface area contributed by atoms with Crippen LogP contribution in [-0.2, 0) is 16.1 Å². The van der Waals surface area contributed by atoms with Crippen molar-refractivity contribution in [1.29, 1.82) is 0 Å². The first-order chi connectivity index (χ1) is 13.2. The third-order valence-electron chi connectivity index (χ3n) is 4.90. The lowest BCUT2D eigenvalue weighted by Gasteiger charge is -2.26. The molecule has 1 aliphatic rings. The molecule has 7 heteroatoms. The van der Waals surface area contributed by atoms with Gasteiger partial charge in [-0.05, 0) is 23.6 Å². The van der Waals surface area contributed by atoms with Crippen LogP contribution in [0.1, 0.15) is 38.7 Å². The molecule has 1 amide bonds. The predicted octanol–water partition coefficient (Wildman–Crippen LogP) is 1.79. The molecule has 152 valence electrons. The minimum atomic E-state index is -1.19. The summed E-state index contributed by atoms with van der Waals surface area (Å²) in [6.07, 6.45) is -2.68. The first kappa shape index (κ1) is 21.9. The first-order valence-electron chi connectivity index (χ1n) is 9.30. The number of halogens is 1. The molecule has 1 aromatic rings. The first-order valence-corrected chi connectivity index (χ1v) is 9.30. The van der Waals surface area contributed by atoms with Gasteiger partial charge in [0.25, 0.3) is 0 Å². The molecular formula is C21H26FNO5. The van der Waals surface area contributed by atoms with E-state index in [0.717, 1.165) is 5.56 Å². The third-order valence-corrected chi connectivity index (χ3v) is 4.90. The van der Waals surface area contributed by atoms with E-state index in [9.17, 15) is 24.2 Å². The molecule has 1 fully saturated rings. The molecule has 1 heterocycles. The zero-order valence-electron chi connectivity index (χ0n) is 16.0. The second kappa shape index (κ2) is 9.67. The number of amides is 1. The molecule has 0 bridgehead atoms. The Morgan fingerprint density at radius 2 is 1.93 bits per heavy atom. The molecule has 0 saturated carbocycles. The molecule has 0 aromatic heterocycles. The normalized spacial score (nSPS) is 21.4. The molecule has 3 N–H and O–H groups in total. The molecular weight excluding hydrogens is 365 g/mol. The number of carboxylic acids is 1. The Labute approximate surface area is 164 Å². The molecule has 1 saturated heterocycles. The minimum absolute atomic E-state index is 0.0170. The van der Waals surface area contributed by atoms with Gasteiger partial charge < -0.3 is 20.2 Å². The van der Waals surface area contributed by atoms with E-state index >= 15 is 0 Å². The van der Waals surface area contributed by atoms with Crippen molar-refractivity contribution in [2.75, 3.05) is 0 Å². The summed E-state index contributed by atoms with van der Waals surface area (Å²) in [5.41, 5.74) is 0.781. The lowest BCUT2D eigenvalue weighted by Crippen LogP contribution is -2.35. The van der Waals surface area contributed by atoms with Crippen molar-refractivity contribution in [3.8, 4) is 11.8 Å². The molecule has 4 atom stereocenters. The summed E-state index contributed by atoms with van der Waals surface area (Å²) in [7, 11) is 0. The van der Waals surface area contributed by atoms with E-state index in [-0.39, 0.29) is 30.0 Å². The van der Waals surface area contributed by atoms with Gasteiger partial charge in [0.1, 0.15) is 11.9 Å². The molecule has 6 nitrogen and oxygen atoms in total. The summed E-state index contributed by atoms with van der Waals surface area (Å²) in [5.74, 6) is 4.23. The van der Waals surface area contributed by atoms with Crippen LogP contribution in [0.4, 0.5) is 4.39 Å². The Morgan fingerprint density at radius 3 is 2.50 bits per heavy atom. The highest BCUT2D eigenvalue weighted by Gasteiger charge is 2.40. The summed E-state index contributed by atoms with van der Waals surface area (Å²) >= 11 is 0. The number of hydrogen-bond donors (Lipinski definition) is 3. The molecule has 0 aliphatic carbocycles. The van der Waals surface area contributed by atoms with E-state index in [4.69, 9.17) is 5.11 Å². The smallest absolute Gasteiger partial charge is 0.305 e. The maximum Gasteiger partial charge on any atom is 0.305 e. The van der Waals surface area contributed by atoms with Crippen LogP contribution in [-0.4, -0.2) is 50.3 Å². The SMILES string of the molecule is CC(C)[C@H]1CC(=O)N(Cc2ccc(F)cc2)[C@@H]1C#C[C@H](O)C[C@H](O)CC(=O)O. The van der Waals surface area contributed by atoms with Gasteiger partial charge in [-0.2, -0.15) is 0 Å². The van der Waals surface area contributed by atoms with E-state index in [1.165, 1.54) is 12.1 Å². The van der Waals surface area contributed by atoms with Gasteiger partial charge in [0, 0.05) is 25.3 Å². The number of likely N-dealkylation sites (tertiary alicyclic amines) is 1. The summed E-state index contributed by atoms with van der Waals surface area (Å²) in [5, 5.41) is 28.3. The third kappa shape index (κ3) is 6.04. The Morgan fingerprint density at radius 1 is 1.29 bits per heavy atom. The van der Waals surface area contributed by atoms with Crippen LogP contribution in [0, 0.1) is 29.5 Å². The van der Waals surface area contributed by atoms with Crippen LogP contribution in [0.15, 0.2) is 24.3 Å². The van der Waals surface area contributed by atoms with Crippen molar-refractivity contribution < 1.29 is 29.3 Å². The van der Waals surface area contributed by atoms with E-state index in [0.29, 0.717) is 13.0 Å². The van der Waals surface area contributed by atoms with Gasteiger partial charge in [-0.15, -0.1) is 0 Å². The van der Waals surface area contributed by atoms with Crippen LogP contribution >= 0.6 is 0 Å². The number of nitrogens with zero attached hydrogens (tertiary/aromatic N) is 1. The number of carbonyl (C=O) groups is 2. The fourth-order valence-electron chi connectivity index (χ4n) is 3.36. The zero-order valence-corrected chi connectivity index (χ0v) is 16.0. The largest absolute Gasteiger partial charge is 0.481 e. The summed E-state index contributed by atoms with van der Waals surface area (Å²) in [6.45, 7) is 4.29. The molecule has 0 spiro atoms. The van der Waals surface area contributed by atoms with Gasteiger partial charge in [-0.3, -0.25) is 9.59 Å². The number of carboxylic acid groups (broad SMARTS) is 1. The van der Waals surface area contributed by atoms with Gasteiger partial charge in [-0.1, -0.05) is 37.8 Å². The number of aliphatic carboxylic acids is 1. The number of carbonyl (C=O) groups excluding carboxylic acids is 1. The Kier molecular flexibility index (Phi) is 7.55. The van der Waals surface area contributed by atoms with Crippen molar-refractivity contribution in [2.45, 2.75) is 57.9 Å². The van der Waals surface area contributed by atoms with Crippen LogP contribution in [0.25, 0.3) is 0 Å². The van der Waals surface area contributed by atoms with E-state index in [2.05, 4.69) is 11.8 Å². The predicted molar refractivity (Wildman–Crippen MR) is 100 cm³/mol. The lowest BCUT2D eigenvalue weighted by atomic mass is 9.88. The summed E-state index contributed by atoms with van der Waals surface area (Å²) in [4.78, 5) is 24.8. The maximum atomic E-state index is 13.1.